The molecule has 0 spiro atoms. The minimum Gasteiger partial charge on any atom is -0.390 e. The molecule has 0 radical (unpaired) electrons. The number of pyridine rings is 2. The van der Waals surface area contributed by atoms with Gasteiger partial charge in [-0.2, -0.15) is 5.10 Å². The summed E-state index contributed by atoms with van der Waals surface area (Å²) in [5.41, 5.74) is 1.96. The summed E-state index contributed by atoms with van der Waals surface area (Å²) in [6.45, 7) is 1.64. The number of aromatic nitrogens is 4. The summed E-state index contributed by atoms with van der Waals surface area (Å²) < 4.78 is 1.59. The molecular weight excluding hydrogens is 406 g/mol. The zero-order chi connectivity index (χ0) is 20.8. The summed E-state index contributed by atoms with van der Waals surface area (Å²) in [6, 6.07) is 7.26. The fourth-order valence-corrected chi connectivity index (χ4v) is 4.00. The van der Waals surface area contributed by atoms with Crippen LogP contribution in [0.5, 0.6) is 0 Å². The number of hydrogen-bond donors (Lipinski definition) is 2. The van der Waals surface area contributed by atoms with Gasteiger partial charge in [-0.15, -0.1) is 0 Å². The molecule has 3 aromatic heterocycles. The van der Waals surface area contributed by atoms with Gasteiger partial charge >= 0.3 is 0 Å². The van der Waals surface area contributed by atoms with E-state index in [0.29, 0.717) is 41.9 Å². The summed E-state index contributed by atoms with van der Waals surface area (Å²) in [4.78, 5) is 25.3. The van der Waals surface area contributed by atoms with Gasteiger partial charge < -0.3 is 20.2 Å². The Morgan fingerprint density at radius 3 is 2.57 bits per heavy atom. The van der Waals surface area contributed by atoms with Crippen LogP contribution in [0.1, 0.15) is 16.1 Å². The number of β-amino-alcohol motifs (C(OH)–C–C–N with tert-alkyl or cyclic N) is 1. The third-order valence-electron chi connectivity index (χ3n) is 5.54. The van der Waals surface area contributed by atoms with E-state index in [1.54, 1.807) is 34.1 Å². The number of nitrogens with zero attached hydrogens (tertiary/aromatic N) is 6. The number of carbonyl (C=O) groups is 1. The van der Waals surface area contributed by atoms with Gasteiger partial charge in [0.2, 0.25) is 0 Å². The van der Waals surface area contributed by atoms with Crippen LogP contribution in [-0.4, -0.2) is 63.0 Å². The smallest absolute Gasteiger partial charge is 0.279 e. The molecule has 0 unspecified atom stereocenters. The lowest BCUT2D eigenvalue weighted by atomic mass is 10.2. The number of aliphatic hydroxyl groups is 1. The predicted octanol–water partition coefficient (Wildman–Crippen LogP) is 1.24. The number of rotatable bonds is 4. The minimum atomic E-state index is -0.431. The lowest BCUT2D eigenvalue weighted by Gasteiger charge is -2.19. The second-order valence-corrected chi connectivity index (χ2v) is 7.85. The first-order chi connectivity index (χ1) is 14.5. The number of halogens is 1. The number of carbonyl (C=O) groups excluding carboxylic acids is 1. The summed E-state index contributed by atoms with van der Waals surface area (Å²) in [6.07, 6.45) is 4.62. The van der Waals surface area contributed by atoms with Crippen LogP contribution >= 0.6 is 11.6 Å². The van der Waals surface area contributed by atoms with Crippen molar-refractivity contribution in [2.45, 2.75) is 18.7 Å². The van der Waals surface area contributed by atoms with E-state index in [2.05, 4.69) is 20.4 Å². The van der Waals surface area contributed by atoms with E-state index in [0.717, 1.165) is 11.4 Å². The van der Waals surface area contributed by atoms with Crippen molar-refractivity contribution < 1.29 is 9.90 Å². The second kappa shape index (κ2) is 7.35. The third kappa shape index (κ3) is 3.20. The molecule has 0 bridgehead atoms. The number of aliphatic hydroxyl groups excluding tert-OH is 1. The SMILES string of the molecule is CN[C@@H]1CN(c2ccc(N3Cc4cn(-c5ccc(Cl)cn5)nc4C3=O)cn2)C[C@H]1O. The maximum Gasteiger partial charge on any atom is 0.279 e. The molecule has 154 valence electrons. The first kappa shape index (κ1) is 19.0. The van der Waals surface area contributed by atoms with Crippen LogP contribution in [0.4, 0.5) is 11.5 Å². The molecule has 9 nitrogen and oxygen atoms in total. The van der Waals surface area contributed by atoms with Gasteiger partial charge in [-0.1, -0.05) is 11.6 Å². The van der Waals surface area contributed by atoms with Crippen molar-refractivity contribution in [3.63, 3.8) is 0 Å². The largest absolute Gasteiger partial charge is 0.390 e. The second-order valence-electron chi connectivity index (χ2n) is 7.42. The Morgan fingerprint density at radius 2 is 1.93 bits per heavy atom. The predicted molar refractivity (Wildman–Crippen MR) is 112 cm³/mol. The summed E-state index contributed by atoms with van der Waals surface area (Å²) >= 11 is 5.88. The number of hydrogen-bond acceptors (Lipinski definition) is 7. The Kier molecular flexibility index (Phi) is 4.65. The van der Waals surface area contributed by atoms with Gasteiger partial charge in [0.25, 0.3) is 5.91 Å². The van der Waals surface area contributed by atoms with E-state index in [9.17, 15) is 9.90 Å². The molecule has 1 fully saturated rings. The molecule has 30 heavy (non-hydrogen) atoms. The van der Waals surface area contributed by atoms with Crippen LogP contribution < -0.4 is 15.1 Å². The van der Waals surface area contributed by atoms with Gasteiger partial charge in [-0.3, -0.25) is 4.79 Å². The first-order valence-electron chi connectivity index (χ1n) is 9.62. The maximum atomic E-state index is 12.9. The van der Waals surface area contributed by atoms with Crippen molar-refractivity contribution in [3.8, 4) is 5.82 Å². The van der Waals surface area contributed by atoms with Crippen molar-refractivity contribution in [1.82, 2.24) is 25.1 Å². The third-order valence-corrected chi connectivity index (χ3v) is 5.76. The highest BCUT2D eigenvalue weighted by Gasteiger charge is 2.34. The van der Waals surface area contributed by atoms with Crippen LogP contribution in [-0.2, 0) is 6.54 Å². The van der Waals surface area contributed by atoms with Crippen LogP contribution in [0.2, 0.25) is 5.02 Å². The molecule has 0 aliphatic carbocycles. The van der Waals surface area contributed by atoms with Gasteiger partial charge in [0, 0.05) is 31.0 Å². The van der Waals surface area contributed by atoms with Crippen molar-refractivity contribution in [3.05, 3.63) is 59.1 Å². The quantitative estimate of drug-likeness (QED) is 0.648. The molecule has 2 N–H and O–H groups in total. The number of likely N-dealkylation sites (N-methyl/N-ethyl adjacent to an activating group) is 1. The first-order valence-corrected chi connectivity index (χ1v) is 10.00. The molecule has 5 heterocycles. The molecule has 10 heteroatoms. The zero-order valence-corrected chi connectivity index (χ0v) is 17.0. The molecule has 2 atom stereocenters. The summed E-state index contributed by atoms with van der Waals surface area (Å²) in [7, 11) is 1.84. The fourth-order valence-electron chi connectivity index (χ4n) is 3.89. The van der Waals surface area contributed by atoms with Crippen molar-refractivity contribution >= 4 is 29.0 Å². The average molecular weight is 426 g/mol. The molecule has 1 amide bonds. The average Bonchev–Trinajstić information content (AvgIpc) is 3.43. The standard InChI is InChI=1S/C20H20ClN7O2/c1-22-15-10-26(11-16(15)29)17-5-3-14(7-24-17)27-8-12-9-28(25-19(12)20(27)30)18-4-2-13(21)6-23-18/h2-7,9,15-16,22,29H,8,10-11H2,1H3/t15-,16-/m1/s1. The summed E-state index contributed by atoms with van der Waals surface area (Å²) in [5.74, 6) is 1.21. The monoisotopic (exact) mass is 425 g/mol. The fraction of sp³-hybridized carbons (Fsp3) is 0.300. The van der Waals surface area contributed by atoms with Gasteiger partial charge in [0.15, 0.2) is 11.5 Å². The highest BCUT2D eigenvalue weighted by Crippen LogP contribution is 2.29. The van der Waals surface area contributed by atoms with Gasteiger partial charge in [0.05, 0.1) is 35.6 Å². The lowest BCUT2D eigenvalue weighted by Crippen LogP contribution is -2.36. The lowest BCUT2D eigenvalue weighted by molar-refractivity contribution is 0.0991. The van der Waals surface area contributed by atoms with Crippen molar-refractivity contribution in [2.24, 2.45) is 0 Å². The van der Waals surface area contributed by atoms with E-state index < -0.39 is 6.10 Å². The van der Waals surface area contributed by atoms with Crippen LogP contribution in [0.15, 0.2) is 42.9 Å². The van der Waals surface area contributed by atoms with E-state index in [1.165, 1.54) is 0 Å². The van der Waals surface area contributed by atoms with Gasteiger partial charge in [0.1, 0.15) is 5.82 Å². The van der Waals surface area contributed by atoms with Crippen LogP contribution in [0, 0.1) is 0 Å². The molecule has 2 aliphatic rings. The molecule has 5 rings (SSSR count). The minimum absolute atomic E-state index is 0.0223. The molecule has 0 aromatic carbocycles. The van der Waals surface area contributed by atoms with Gasteiger partial charge in [-0.05, 0) is 31.3 Å². The van der Waals surface area contributed by atoms with Gasteiger partial charge in [-0.25, -0.2) is 14.6 Å². The topological polar surface area (TPSA) is 99.4 Å². The highest BCUT2D eigenvalue weighted by molar-refractivity contribution is 6.30. The van der Waals surface area contributed by atoms with E-state index in [1.807, 2.05) is 30.3 Å². The van der Waals surface area contributed by atoms with Crippen molar-refractivity contribution in [2.75, 3.05) is 29.9 Å². The van der Waals surface area contributed by atoms with E-state index >= 15 is 0 Å². The summed E-state index contributed by atoms with van der Waals surface area (Å²) in [5, 5.41) is 18.1. The molecule has 3 aromatic rings. The normalized spacial score (nSPS) is 20.8. The number of amides is 1. The zero-order valence-electron chi connectivity index (χ0n) is 16.2. The van der Waals surface area contributed by atoms with E-state index in [4.69, 9.17) is 11.6 Å². The molecular formula is C20H20ClN7O2. The Labute approximate surface area is 177 Å². The Hall–Kier alpha value is -3.01. The molecule has 2 aliphatic heterocycles. The van der Waals surface area contributed by atoms with Crippen LogP contribution in [0.3, 0.4) is 0 Å². The Bertz CT molecular complexity index is 1080. The Balaban J connectivity index is 1.32. The maximum absolute atomic E-state index is 12.9. The highest BCUT2D eigenvalue weighted by atomic mass is 35.5. The molecule has 1 saturated heterocycles. The molecule has 0 saturated carbocycles. The van der Waals surface area contributed by atoms with Crippen LogP contribution in [0.25, 0.3) is 5.82 Å². The van der Waals surface area contributed by atoms with E-state index in [-0.39, 0.29) is 11.9 Å². The van der Waals surface area contributed by atoms with Crippen molar-refractivity contribution in [1.29, 1.82) is 0 Å². The number of nitrogens with one attached hydrogen (secondary N) is 1. The number of anilines is 2. The Morgan fingerprint density at radius 1 is 1.13 bits per heavy atom. The number of fused-ring (bicyclic) bond motifs is 1.